The molecule has 0 saturated carbocycles. The highest BCUT2D eigenvalue weighted by Crippen LogP contribution is 2.31. The second-order valence-electron chi connectivity index (χ2n) is 6.93. The molecule has 0 fully saturated rings. The molecule has 0 atom stereocenters. The summed E-state index contributed by atoms with van der Waals surface area (Å²) in [6.07, 6.45) is 11.5. The fourth-order valence-electron chi connectivity index (χ4n) is 3.50. The molecule has 0 aliphatic rings. The van der Waals surface area contributed by atoms with Crippen molar-refractivity contribution in [1.82, 2.24) is 0 Å². The van der Waals surface area contributed by atoms with Crippen molar-refractivity contribution < 1.29 is 0 Å². The van der Waals surface area contributed by atoms with Crippen molar-refractivity contribution >= 4 is 0 Å². The largest absolute Gasteiger partial charge is 0.0654 e. The third kappa shape index (κ3) is 5.23. The van der Waals surface area contributed by atoms with Crippen LogP contribution in [-0.4, -0.2) is 0 Å². The van der Waals surface area contributed by atoms with Crippen molar-refractivity contribution in [2.75, 3.05) is 0 Å². The second-order valence-corrected chi connectivity index (χ2v) is 6.93. The molecule has 1 radical (unpaired) electrons. The first-order valence-corrected chi connectivity index (χ1v) is 9.86. The van der Waals surface area contributed by atoms with Gasteiger partial charge in [-0.3, -0.25) is 0 Å². The SMILES string of the molecule is CCCCCCc1c[c]c(CCCCC)c(C)c1-c1ccccc1. The molecule has 0 aliphatic carbocycles. The van der Waals surface area contributed by atoms with Gasteiger partial charge >= 0.3 is 0 Å². The van der Waals surface area contributed by atoms with E-state index in [4.69, 9.17) is 0 Å². The fourth-order valence-corrected chi connectivity index (χ4v) is 3.50. The molecule has 24 heavy (non-hydrogen) atoms. The normalized spacial score (nSPS) is 11.0. The zero-order valence-corrected chi connectivity index (χ0v) is 15.8. The van der Waals surface area contributed by atoms with E-state index in [1.54, 1.807) is 0 Å². The highest BCUT2D eigenvalue weighted by atomic mass is 14.2. The van der Waals surface area contributed by atoms with Gasteiger partial charge < -0.3 is 0 Å². The Balaban J connectivity index is 2.27. The highest BCUT2D eigenvalue weighted by molar-refractivity contribution is 5.72. The lowest BCUT2D eigenvalue weighted by atomic mass is 9.88. The molecule has 0 spiro atoms. The molecule has 0 heteroatoms. The van der Waals surface area contributed by atoms with E-state index < -0.39 is 0 Å². The van der Waals surface area contributed by atoms with Crippen molar-refractivity contribution in [1.29, 1.82) is 0 Å². The van der Waals surface area contributed by atoms with Gasteiger partial charge in [0.2, 0.25) is 0 Å². The minimum absolute atomic E-state index is 1.16. The summed E-state index contributed by atoms with van der Waals surface area (Å²) in [7, 11) is 0. The van der Waals surface area contributed by atoms with Crippen LogP contribution in [-0.2, 0) is 12.8 Å². The molecule has 0 aromatic heterocycles. The molecule has 0 heterocycles. The van der Waals surface area contributed by atoms with E-state index in [-0.39, 0.29) is 0 Å². The minimum Gasteiger partial charge on any atom is -0.0654 e. The van der Waals surface area contributed by atoms with E-state index in [1.165, 1.54) is 79.2 Å². The molecule has 2 aromatic rings. The van der Waals surface area contributed by atoms with Gasteiger partial charge in [0.15, 0.2) is 0 Å². The topological polar surface area (TPSA) is 0 Å². The summed E-state index contributed by atoms with van der Waals surface area (Å²) in [6, 6.07) is 16.8. The Morgan fingerprint density at radius 3 is 2.17 bits per heavy atom. The number of hydrogen-bond acceptors (Lipinski definition) is 0. The summed E-state index contributed by atoms with van der Waals surface area (Å²) in [6.45, 7) is 6.85. The number of unbranched alkanes of at least 4 members (excludes halogenated alkanes) is 5. The van der Waals surface area contributed by atoms with Gasteiger partial charge in [-0.15, -0.1) is 0 Å². The Kier molecular flexibility index (Phi) is 8.08. The predicted molar refractivity (Wildman–Crippen MR) is 107 cm³/mol. The van der Waals surface area contributed by atoms with Crippen LogP contribution in [0.3, 0.4) is 0 Å². The van der Waals surface area contributed by atoms with Crippen molar-refractivity contribution in [3.8, 4) is 11.1 Å². The molecular weight excluding hydrogens is 288 g/mol. The molecule has 0 saturated heterocycles. The van der Waals surface area contributed by atoms with Crippen molar-refractivity contribution in [2.45, 2.75) is 78.6 Å². The average Bonchev–Trinajstić information content (AvgIpc) is 2.61. The maximum atomic E-state index is 3.62. The van der Waals surface area contributed by atoms with Crippen LogP contribution in [0, 0.1) is 13.0 Å². The third-order valence-corrected chi connectivity index (χ3v) is 4.96. The smallest absolute Gasteiger partial charge is 0.0119 e. The minimum atomic E-state index is 1.16. The molecule has 2 aromatic carbocycles. The van der Waals surface area contributed by atoms with E-state index >= 15 is 0 Å². The van der Waals surface area contributed by atoms with E-state index in [2.05, 4.69) is 63.2 Å². The molecule has 0 aliphatic heterocycles. The molecule has 0 N–H and O–H groups in total. The maximum Gasteiger partial charge on any atom is -0.0119 e. The zero-order chi connectivity index (χ0) is 17.2. The Hall–Kier alpha value is -1.56. The molecule has 0 bridgehead atoms. The first kappa shape index (κ1) is 18.8. The van der Waals surface area contributed by atoms with Gasteiger partial charge in [0, 0.05) is 0 Å². The molecule has 129 valence electrons. The Bertz CT molecular complexity index is 595. The van der Waals surface area contributed by atoms with E-state index in [0.29, 0.717) is 0 Å². The maximum absolute atomic E-state index is 3.62. The summed E-state index contributed by atoms with van der Waals surface area (Å²) in [4.78, 5) is 0. The van der Waals surface area contributed by atoms with Crippen LogP contribution in [0.2, 0.25) is 0 Å². The Morgan fingerprint density at radius 1 is 0.792 bits per heavy atom. The number of benzene rings is 2. The molecule has 0 amide bonds. The zero-order valence-electron chi connectivity index (χ0n) is 15.8. The van der Waals surface area contributed by atoms with Gasteiger partial charge in [0.25, 0.3) is 0 Å². The second kappa shape index (κ2) is 10.3. The third-order valence-electron chi connectivity index (χ3n) is 4.96. The number of rotatable bonds is 10. The van der Waals surface area contributed by atoms with E-state index in [9.17, 15) is 0 Å². The molecule has 2 rings (SSSR count). The van der Waals surface area contributed by atoms with Gasteiger partial charge in [-0.25, -0.2) is 0 Å². The lowest BCUT2D eigenvalue weighted by Gasteiger charge is -2.17. The molecular formula is C24H33. The van der Waals surface area contributed by atoms with Crippen LogP contribution >= 0.6 is 0 Å². The first-order chi connectivity index (χ1) is 11.8. The van der Waals surface area contributed by atoms with Crippen LogP contribution in [0.5, 0.6) is 0 Å². The number of aryl methyl sites for hydroxylation is 2. The molecule has 0 unspecified atom stereocenters. The Morgan fingerprint density at radius 2 is 1.46 bits per heavy atom. The van der Waals surface area contributed by atoms with Crippen LogP contribution in [0.25, 0.3) is 11.1 Å². The average molecular weight is 322 g/mol. The van der Waals surface area contributed by atoms with Crippen molar-refractivity contribution in [2.24, 2.45) is 0 Å². The summed E-state index contributed by atoms with van der Waals surface area (Å²) < 4.78 is 0. The number of hydrogen-bond donors (Lipinski definition) is 0. The quantitative estimate of drug-likeness (QED) is 0.402. The molecule has 0 nitrogen and oxygen atoms in total. The first-order valence-electron chi connectivity index (χ1n) is 9.86. The summed E-state index contributed by atoms with van der Waals surface area (Å²) in [5, 5.41) is 0. The summed E-state index contributed by atoms with van der Waals surface area (Å²) >= 11 is 0. The van der Waals surface area contributed by atoms with Gasteiger partial charge in [-0.05, 0) is 66.5 Å². The standard InChI is InChI=1S/C24H33/c1-4-6-8-11-17-23-19-18-21(14-10-7-5-2)20(3)24(23)22-15-12-9-13-16-22/h9,12-13,15-16,19H,4-8,10-11,14,17H2,1-3H3. The lowest BCUT2D eigenvalue weighted by molar-refractivity contribution is 0.666. The van der Waals surface area contributed by atoms with Crippen LogP contribution in [0.4, 0.5) is 0 Å². The van der Waals surface area contributed by atoms with Crippen molar-refractivity contribution in [3.05, 3.63) is 59.2 Å². The van der Waals surface area contributed by atoms with Gasteiger partial charge in [-0.2, -0.15) is 0 Å². The summed E-state index contributed by atoms with van der Waals surface area (Å²) in [5.41, 5.74) is 7.18. The van der Waals surface area contributed by atoms with E-state index in [1.807, 2.05) is 0 Å². The van der Waals surface area contributed by atoms with Gasteiger partial charge in [0.1, 0.15) is 0 Å². The monoisotopic (exact) mass is 321 g/mol. The lowest BCUT2D eigenvalue weighted by Crippen LogP contribution is -1.99. The van der Waals surface area contributed by atoms with Crippen molar-refractivity contribution in [3.63, 3.8) is 0 Å². The van der Waals surface area contributed by atoms with Gasteiger partial charge in [-0.1, -0.05) is 82.3 Å². The summed E-state index contributed by atoms with van der Waals surface area (Å²) in [5.74, 6) is 0. The van der Waals surface area contributed by atoms with E-state index in [0.717, 1.165) is 6.42 Å². The Labute approximate surface area is 149 Å². The van der Waals surface area contributed by atoms with Crippen LogP contribution < -0.4 is 0 Å². The van der Waals surface area contributed by atoms with Crippen LogP contribution in [0.15, 0.2) is 36.4 Å². The van der Waals surface area contributed by atoms with Gasteiger partial charge in [0.05, 0.1) is 0 Å². The predicted octanol–water partition coefficient (Wildman–Crippen LogP) is 7.32. The van der Waals surface area contributed by atoms with Crippen LogP contribution in [0.1, 0.15) is 75.5 Å². The highest BCUT2D eigenvalue weighted by Gasteiger charge is 2.12. The fraction of sp³-hybridized carbons (Fsp3) is 0.500.